The third kappa shape index (κ3) is 3.24. The van der Waals surface area contributed by atoms with Gasteiger partial charge in [0.05, 0.1) is 5.52 Å². The van der Waals surface area contributed by atoms with Crippen molar-refractivity contribution >= 4 is 32.7 Å². The van der Waals surface area contributed by atoms with Crippen molar-refractivity contribution in [3.8, 4) is 11.5 Å². The van der Waals surface area contributed by atoms with Crippen LogP contribution in [-0.2, 0) is 0 Å². The number of aromatic nitrogens is 5. The average molecular weight is 437 g/mol. The molecule has 0 N–H and O–H groups in total. The maximum Gasteiger partial charge on any atom is 0.230 e. The first kappa shape index (κ1) is 17.2. The van der Waals surface area contributed by atoms with Crippen LogP contribution in [0.3, 0.4) is 0 Å². The van der Waals surface area contributed by atoms with Gasteiger partial charge in [-0.25, -0.2) is 9.97 Å². The molecular formula is C20H17BrN6O. The van der Waals surface area contributed by atoms with Crippen molar-refractivity contribution in [1.29, 1.82) is 0 Å². The zero-order valence-electron chi connectivity index (χ0n) is 15.0. The van der Waals surface area contributed by atoms with Crippen molar-refractivity contribution in [3.05, 3.63) is 59.3 Å². The number of nitrogens with zero attached hydrogens (tertiary/aromatic N) is 6. The highest BCUT2D eigenvalue weighted by Gasteiger charge is 2.27. The largest absolute Gasteiger partial charge is 0.356 e. The summed E-state index contributed by atoms with van der Waals surface area (Å²) in [5.41, 5.74) is 1.68. The van der Waals surface area contributed by atoms with Crippen LogP contribution in [0.2, 0.25) is 0 Å². The van der Waals surface area contributed by atoms with Crippen molar-refractivity contribution in [3.63, 3.8) is 0 Å². The third-order valence-electron chi connectivity index (χ3n) is 5.06. The first-order valence-electron chi connectivity index (χ1n) is 9.18. The van der Waals surface area contributed by atoms with Crippen LogP contribution in [0.5, 0.6) is 0 Å². The smallest absolute Gasteiger partial charge is 0.230 e. The summed E-state index contributed by atoms with van der Waals surface area (Å²) in [5.74, 6) is 2.46. The standard InChI is InChI=1S/C20H17BrN6O/c21-14-4-5-16-15(11-14)19(24-12-23-16)27-9-6-13(7-10-27)20-25-18(26-28-20)17-3-1-2-8-22-17/h1-5,8,11-13H,6-7,9-10H2. The van der Waals surface area contributed by atoms with E-state index in [-0.39, 0.29) is 5.92 Å². The highest BCUT2D eigenvalue weighted by Crippen LogP contribution is 2.33. The van der Waals surface area contributed by atoms with Gasteiger partial charge >= 0.3 is 0 Å². The molecule has 0 unspecified atom stereocenters. The molecule has 0 atom stereocenters. The Labute approximate surface area is 170 Å². The Kier molecular flexibility index (Phi) is 4.48. The molecule has 0 bridgehead atoms. The van der Waals surface area contributed by atoms with E-state index < -0.39 is 0 Å². The molecule has 7 nitrogen and oxygen atoms in total. The summed E-state index contributed by atoms with van der Waals surface area (Å²) in [4.78, 5) is 20.1. The van der Waals surface area contributed by atoms with Gasteiger partial charge in [0.25, 0.3) is 0 Å². The van der Waals surface area contributed by atoms with Crippen LogP contribution in [0.1, 0.15) is 24.7 Å². The molecule has 1 aliphatic rings. The lowest BCUT2D eigenvalue weighted by atomic mass is 9.96. The lowest BCUT2D eigenvalue weighted by molar-refractivity contribution is 0.329. The van der Waals surface area contributed by atoms with Gasteiger partial charge in [-0.15, -0.1) is 0 Å². The first-order chi connectivity index (χ1) is 13.8. The molecule has 4 heterocycles. The Morgan fingerprint density at radius 3 is 2.75 bits per heavy atom. The summed E-state index contributed by atoms with van der Waals surface area (Å²) >= 11 is 3.55. The summed E-state index contributed by atoms with van der Waals surface area (Å²) in [6.45, 7) is 1.76. The number of fused-ring (bicyclic) bond motifs is 1. The van der Waals surface area contributed by atoms with E-state index in [1.165, 1.54) is 0 Å². The molecule has 0 radical (unpaired) electrons. The average Bonchev–Trinajstić information content (AvgIpc) is 3.24. The summed E-state index contributed by atoms with van der Waals surface area (Å²) in [5, 5.41) is 5.16. The fourth-order valence-corrected chi connectivity index (χ4v) is 3.97. The van der Waals surface area contributed by atoms with Crippen molar-refractivity contribution < 1.29 is 4.52 Å². The SMILES string of the molecule is Brc1ccc2ncnc(N3CCC(c4nc(-c5ccccn5)no4)CC3)c2c1. The van der Waals surface area contributed by atoms with Gasteiger partial charge in [0.1, 0.15) is 17.8 Å². The van der Waals surface area contributed by atoms with Crippen molar-refractivity contribution in [2.45, 2.75) is 18.8 Å². The van der Waals surface area contributed by atoms with E-state index >= 15 is 0 Å². The van der Waals surface area contributed by atoms with Crippen LogP contribution >= 0.6 is 15.9 Å². The number of pyridine rings is 1. The lowest BCUT2D eigenvalue weighted by Crippen LogP contribution is -2.33. The van der Waals surface area contributed by atoms with E-state index in [0.717, 1.165) is 52.8 Å². The van der Waals surface area contributed by atoms with Crippen molar-refractivity contribution in [1.82, 2.24) is 25.1 Å². The van der Waals surface area contributed by atoms with Gasteiger partial charge in [-0.1, -0.05) is 27.2 Å². The minimum atomic E-state index is 0.251. The third-order valence-corrected chi connectivity index (χ3v) is 5.55. The number of hydrogen-bond acceptors (Lipinski definition) is 7. The zero-order valence-corrected chi connectivity index (χ0v) is 16.6. The predicted molar refractivity (Wildman–Crippen MR) is 109 cm³/mol. The topological polar surface area (TPSA) is 80.8 Å². The van der Waals surface area contributed by atoms with Gasteiger partial charge in [0.15, 0.2) is 0 Å². The summed E-state index contributed by atoms with van der Waals surface area (Å²) in [6, 6.07) is 11.8. The molecule has 28 heavy (non-hydrogen) atoms. The van der Waals surface area contributed by atoms with Gasteiger partial charge in [-0.2, -0.15) is 4.98 Å². The molecule has 3 aromatic heterocycles. The van der Waals surface area contributed by atoms with Crippen molar-refractivity contribution in [2.75, 3.05) is 18.0 Å². The maximum atomic E-state index is 5.53. The summed E-state index contributed by atoms with van der Waals surface area (Å²) in [6.07, 6.45) is 5.23. The molecule has 4 aromatic rings. The van der Waals surface area contributed by atoms with Crippen LogP contribution in [0.15, 0.2) is 57.9 Å². The number of anilines is 1. The van der Waals surface area contributed by atoms with E-state index in [9.17, 15) is 0 Å². The number of rotatable bonds is 3. The Balaban J connectivity index is 1.34. The van der Waals surface area contributed by atoms with Gasteiger partial charge in [0, 0.05) is 35.1 Å². The molecule has 1 fully saturated rings. The molecule has 8 heteroatoms. The van der Waals surface area contributed by atoms with Crippen LogP contribution in [0.25, 0.3) is 22.4 Å². The Hall–Kier alpha value is -2.87. The highest BCUT2D eigenvalue weighted by molar-refractivity contribution is 9.10. The lowest BCUT2D eigenvalue weighted by Gasteiger charge is -2.31. The summed E-state index contributed by atoms with van der Waals surface area (Å²) in [7, 11) is 0. The van der Waals surface area contributed by atoms with Crippen LogP contribution in [0, 0.1) is 0 Å². The quantitative estimate of drug-likeness (QED) is 0.475. The van der Waals surface area contributed by atoms with E-state index in [4.69, 9.17) is 4.52 Å². The van der Waals surface area contributed by atoms with E-state index in [2.05, 4.69) is 52.0 Å². The number of benzene rings is 1. The minimum absolute atomic E-state index is 0.251. The number of halogens is 1. The zero-order chi connectivity index (χ0) is 18.9. The fourth-order valence-electron chi connectivity index (χ4n) is 3.61. The van der Waals surface area contributed by atoms with Crippen LogP contribution < -0.4 is 4.90 Å². The fraction of sp³-hybridized carbons (Fsp3) is 0.250. The molecule has 0 spiro atoms. The van der Waals surface area contributed by atoms with Crippen LogP contribution in [-0.4, -0.2) is 38.2 Å². The monoisotopic (exact) mass is 436 g/mol. The Morgan fingerprint density at radius 1 is 1.04 bits per heavy atom. The second kappa shape index (κ2) is 7.27. The molecular weight excluding hydrogens is 420 g/mol. The van der Waals surface area contributed by atoms with Gasteiger partial charge in [-0.05, 0) is 43.2 Å². The molecule has 140 valence electrons. The number of hydrogen-bond donors (Lipinski definition) is 0. The maximum absolute atomic E-state index is 5.53. The van der Waals surface area contributed by atoms with E-state index in [1.54, 1.807) is 12.5 Å². The second-order valence-electron chi connectivity index (χ2n) is 6.79. The molecule has 0 aliphatic carbocycles. The molecule has 1 aromatic carbocycles. The molecule has 0 saturated carbocycles. The summed E-state index contributed by atoms with van der Waals surface area (Å²) < 4.78 is 6.56. The molecule has 1 saturated heterocycles. The van der Waals surface area contributed by atoms with Gasteiger partial charge in [0.2, 0.25) is 11.7 Å². The van der Waals surface area contributed by atoms with Gasteiger partial charge in [-0.3, -0.25) is 4.98 Å². The molecule has 5 rings (SSSR count). The highest BCUT2D eigenvalue weighted by atomic mass is 79.9. The van der Waals surface area contributed by atoms with Crippen molar-refractivity contribution in [2.24, 2.45) is 0 Å². The Morgan fingerprint density at radius 2 is 1.93 bits per heavy atom. The molecule has 1 aliphatic heterocycles. The number of piperidine rings is 1. The minimum Gasteiger partial charge on any atom is -0.356 e. The Bertz CT molecular complexity index is 1110. The van der Waals surface area contributed by atoms with E-state index in [1.807, 2.05) is 30.3 Å². The van der Waals surface area contributed by atoms with Gasteiger partial charge < -0.3 is 9.42 Å². The normalized spacial score (nSPS) is 15.2. The first-order valence-corrected chi connectivity index (χ1v) is 9.97. The predicted octanol–water partition coefficient (Wildman–Crippen LogP) is 4.22. The van der Waals surface area contributed by atoms with E-state index in [0.29, 0.717) is 11.7 Å². The second-order valence-corrected chi connectivity index (χ2v) is 7.71. The molecule has 0 amide bonds. The van der Waals surface area contributed by atoms with Crippen LogP contribution in [0.4, 0.5) is 5.82 Å².